The molecule has 0 saturated carbocycles. The molecule has 3 nitrogen and oxygen atoms in total. The van der Waals surface area contributed by atoms with E-state index in [9.17, 15) is 13.2 Å². The molecular formula is C15H13F3O3. The van der Waals surface area contributed by atoms with E-state index in [0.717, 1.165) is 6.07 Å². The van der Waals surface area contributed by atoms with Gasteiger partial charge in [0.05, 0.1) is 18.8 Å². The summed E-state index contributed by atoms with van der Waals surface area (Å²) in [6, 6.07) is 9.55. The summed E-state index contributed by atoms with van der Waals surface area (Å²) < 4.78 is 44.3. The Hall–Kier alpha value is -2.05. The molecule has 21 heavy (non-hydrogen) atoms. The van der Waals surface area contributed by atoms with Crippen LogP contribution in [0.5, 0.6) is 11.5 Å². The lowest BCUT2D eigenvalue weighted by Gasteiger charge is -2.15. The van der Waals surface area contributed by atoms with Crippen LogP contribution in [0.25, 0.3) is 0 Å². The van der Waals surface area contributed by atoms with Gasteiger partial charge < -0.3 is 14.9 Å². The highest BCUT2D eigenvalue weighted by Gasteiger charge is 2.34. The zero-order valence-corrected chi connectivity index (χ0v) is 10.9. The third-order valence-electron chi connectivity index (χ3n) is 2.84. The van der Waals surface area contributed by atoms with E-state index in [2.05, 4.69) is 0 Å². The van der Waals surface area contributed by atoms with Crippen LogP contribution in [0.15, 0.2) is 42.5 Å². The fraction of sp³-hybridized carbons (Fsp3) is 0.200. The van der Waals surface area contributed by atoms with Gasteiger partial charge in [-0.2, -0.15) is 13.2 Å². The Morgan fingerprint density at radius 1 is 0.905 bits per heavy atom. The monoisotopic (exact) mass is 298 g/mol. The zero-order chi connectivity index (χ0) is 15.5. The van der Waals surface area contributed by atoms with E-state index in [4.69, 9.17) is 14.9 Å². The number of aliphatic hydroxyl groups excluding tert-OH is 2. The lowest BCUT2D eigenvalue weighted by molar-refractivity contribution is -0.138. The van der Waals surface area contributed by atoms with Gasteiger partial charge in [-0.1, -0.05) is 18.2 Å². The first-order valence-electron chi connectivity index (χ1n) is 6.12. The highest BCUT2D eigenvalue weighted by Crippen LogP contribution is 2.38. The predicted octanol–water partition coefficient (Wildman–Crippen LogP) is 3.48. The number of benzene rings is 2. The van der Waals surface area contributed by atoms with Gasteiger partial charge in [-0.05, 0) is 35.4 Å². The summed E-state index contributed by atoms with van der Waals surface area (Å²) in [5.74, 6) is -0.154. The summed E-state index contributed by atoms with van der Waals surface area (Å²) >= 11 is 0. The first-order valence-corrected chi connectivity index (χ1v) is 6.12. The number of halogens is 3. The Morgan fingerprint density at radius 2 is 1.57 bits per heavy atom. The van der Waals surface area contributed by atoms with Crippen molar-refractivity contribution in [2.45, 2.75) is 19.4 Å². The van der Waals surface area contributed by atoms with Gasteiger partial charge in [0.1, 0.15) is 11.5 Å². The number of rotatable bonds is 4. The fourth-order valence-corrected chi connectivity index (χ4v) is 1.82. The fourth-order valence-electron chi connectivity index (χ4n) is 1.82. The second kappa shape index (κ2) is 6.15. The van der Waals surface area contributed by atoms with E-state index in [-0.39, 0.29) is 23.7 Å². The number of hydrogen-bond acceptors (Lipinski definition) is 3. The maximum Gasteiger partial charge on any atom is 0.419 e. The number of hydrogen-bond donors (Lipinski definition) is 2. The van der Waals surface area contributed by atoms with Gasteiger partial charge >= 0.3 is 6.18 Å². The van der Waals surface area contributed by atoms with Gasteiger partial charge in [-0.15, -0.1) is 0 Å². The van der Waals surface area contributed by atoms with Crippen LogP contribution in [-0.4, -0.2) is 10.2 Å². The van der Waals surface area contributed by atoms with Crippen LogP contribution in [0, 0.1) is 0 Å². The number of alkyl halides is 3. The van der Waals surface area contributed by atoms with Gasteiger partial charge in [0.25, 0.3) is 0 Å². The standard InChI is InChI=1S/C15H13F3O3/c16-15(17,18)13-7-11(9-20)4-5-14(13)21-12-3-1-2-10(6-12)8-19/h1-7,19-20H,8-9H2. The Balaban J connectivity index is 2.39. The van der Waals surface area contributed by atoms with E-state index in [1.165, 1.54) is 24.3 Å². The quantitative estimate of drug-likeness (QED) is 0.908. The molecule has 0 saturated heterocycles. The van der Waals surface area contributed by atoms with E-state index in [1.54, 1.807) is 12.1 Å². The van der Waals surface area contributed by atoms with Crippen molar-refractivity contribution >= 4 is 0 Å². The van der Waals surface area contributed by atoms with Crippen molar-refractivity contribution in [1.29, 1.82) is 0 Å². The van der Waals surface area contributed by atoms with Crippen molar-refractivity contribution in [3.05, 3.63) is 59.2 Å². The molecular weight excluding hydrogens is 285 g/mol. The second-order valence-corrected chi connectivity index (χ2v) is 4.39. The Kier molecular flexibility index (Phi) is 4.50. The summed E-state index contributed by atoms with van der Waals surface area (Å²) in [5, 5.41) is 18.0. The Morgan fingerprint density at radius 3 is 2.19 bits per heavy atom. The zero-order valence-electron chi connectivity index (χ0n) is 10.9. The predicted molar refractivity (Wildman–Crippen MR) is 69.8 cm³/mol. The molecule has 2 aromatic rings. The van der Waals surface area contributed by atoms with Crippen molar-refractivity contribution in [1.82, 2.24) is 0 Å². The summed E-state index contributed by atoms with van der Waals surface area (Å²) in [6.45, 7) is -0.712. The highest BCUT2D eigenvalue weighted by atomic mass is 19.4. The van der Waals surface area contributed by atoms with Gasteiger partial charge in [-0.25, -0.2) is 0 Å². The molecule has 0 aromatic heterocycles. The lowest BCUT2D eigenvalue weighted by atomic mass is 10.1. The molecule has 0 atom stereocenters. The minimum atomic E-state index is -4.59. The summed E-state index contributed by atoms with van der Waals surface area (Å²) in [7, 11) is 0. The van der Waals surface area contributed by atoms with Crippen molar-refractivity contribution in [3.8, 4) is 11.5 Å². The van der Waals surface area contributed by atoms with E-state index < -0.39 is 18.3 Å². The maximum absolute atomic E-state index is 13.0. The van der Waals surface area contributed by atoms with Crippen LogP contribution in [0.3, 0.4) is 0 Å². The lowest BCUT2D eigenvalue weighted by Crippen LogP contribution is -2.08. The van der Waals surface area contributed by atoms with E-state index >= 15 is 0 Å². The first kappa shape index (κ1) is 15.3. The molecule has 0 radical (unpaired) electrons. The van der Waals surface area contributed by atoms with Crippen molar-refractivity contribution in [3.63, 3.8) is 0 Å². The average molecular weight is 298 g/mol. The van der Waals surface area contributed by atoms with Gasteiger partial charge in [0, 0.05) is 0 Å². The van der Waals surface area contributed by atoms with Gasteiger partial charge in [-0.3, -0.25) is 0 Å². The molecule has 2 rings (SSSR count). The molecule has 2 N–H and O–H groups in total. The summed E-state index contributed by atoms with van der Waals surface area (Å²) in [5.41, 5.74) is -0.268. The van der Waals surface area contributed by atoms with Crippen LogP contribution in [0.1, 0.15) is 16.7 Å². The molecule has 0 aliphatic rings. The second-order valence-electron chi connectivity index (χ2n) is 4.39. The molecule has 0 aliphatic carbocycles. The minimum Gasteiger partial charge on any atom is -0.457 e. The Labute approximate surface area is 119 Å². The summed E-state index contributed by atoms with van der Waals surface area (Å²) in [6.07, 6.45) is -4.59. The molecule has 0 fully saturated rings. The number of ether oxygens (including phenoxy) is 1. The molecule has 0 aliphatic heterocycles. The average Bonchev–Trinajstić information content (AvgIpc) is 2.46. The molecule has 2 aromatic carbocycles. The Bertz CT molecular complexity index is 624. The van der Waals surface area contributed by atoms with Gasteiger partial charge in [0.15, 0.2) is 0 Å². The maximum atomic E-state index is 13.0. The van der Waals surface area contributed by atoms with Crippen LogP contribution in [0.2, 0.25) is 0 Å². The van der Waals surface area contributed by atoms with E-state index in [1.807, 2.05) is 0 Å². The topological polar surface area (TPSA) is 49.7 Å². The molecule has 112 valence electrons. The molecule has 0 unspecified atom stereocenters. The summed E-state index contributed by atoms with van der Waals surface area (Å²) in [4.78, 5) is 0. The molecule has 0 heterocycles. The van der Waals surface area contributed by atoms with Crippen LogP contribution in [-0.2, 0) is 19.4 Å². The third-order valence-corrected chi connectivity index (χ3v) is 2.84. The third kappa shape index (κ3) is 3.74. The smallest absolute Gasteiger partial charge is 0.419 e. The molecule has 6 heteroatoms. The van der Waals surface area contributed by atoms with E-state index in [0.29, 0.717) is 5.56 Å². The molecule has 0 spiro atoms. The van der Waals surface area contributed by atoms with Crippen molar-refractivity contribution in [2.75, 3.05) is 0 Å². The molecule has 0 amide bonds. The van der Waals surface area contributed by atoms with Crippen molar-refractivity contribution < 1.29 is 28.1 Å². The van der Waals surface area contributed by atoms with Gasteiger partial charge in [0.2, 0.25) is 0 Å². The minimum absolute atomic E-state index is 0.152. The van der Waals surface area contributed by atoms with Crippen LogP contribution >= 0.6 is 0 Å². The first-order chi connectivity index (χ1) is 9.94. The van der Waals surface area contributed by atoms with Crippen LogP contribution in [0.4, 0.5) is 13.2 Å². The highest BCUT2D eigenvalue weighted by molar-refractivity contribution is 5.42. The van der Waals surface area contributed by atoms with Crippen LogP contribution < -0.4 is 4.74 Å². The number of aliphatic hydroxyl groups is 2. The largest absolute Gasteiger partial charge is 0.457 e. The SMILES string of the molecule is OCc1cccc(Oc2ccc(CO)cc2C(F)(F)F)c1. The molecule has 0 bridgehead atoms. The normalized spacial score (nSPS) is 11.5. The van der Waals surface area contributed by atoms with Crippen molar-refractivity contribution in [2.24, 2.45) is 0 Å².